The third-order valence-corrected chi connectivity index (χ3v) is 1.92. The molecule has 3 nitrogen and oxygen atoms in total. The summed E-state index contributed by atoms with van der Waals surface area (Å²) in [4.78, 5) is 3.90. The fourth-order valence-corrected chi connectivity index (χ4v) is 0.807. The largest absolute Gasteiger partial charge is 0.363 e. The smallest absolute Gasteiger partial charge is 0.289 e. The van der Waals surface area contributed by atoms with Crippen LogP contribution in [0.25, 0.3) is 0 Å². The van der Waals surface area contributed by atoms with Crippen LogP contribution in [0.1, 0.15) is 5.56 Å². The molecule has 0 saturated heterocycles. The molecule has 2 N–H and O–H groups in total. The number of aromatic nitrogens is 2. The molecule has 0 amide bonds. The summed E-state index contributed by atoms with van der Waals surface area (Å²) in [6, 6.07) is 0. The van der Waals surface area contributed by atoms with Crippen LogP contribution < -0.4 is 10.3 Å². The monoisotopic (exact) mass is 158 g/mol. The molecule has 0 aliphatic carbocycles. The second kappa shape index (κ2) is 2.42. The van der Waals surface area contributed by atoms with Crippen molar-refractivity contribution in [2.45, 2.75) is 6.92 Å². The van der Waals surface area contributed by atoms with Gasteiger partial charge in [0.05, 0.1) is 12.6 Å². The van der Waals surface area contributed by atoms with Crippen molar-refractivity contribution in [1.82, 2.24) is 4.98 Å². The third-order valence-electron chi connectivity index (χ3n) is 1.37. The number of rotatable bonds is 0. The molecule has 0 aromatic carbocycles. The minimum Gasteiger partial charge on any atom is -0.363 e. The first-order chi connectivity index (χ1) is 4.63. The lowest BCUT2D eigenvalue weighted by atomic mass is 10.3. The second-order valence-electron chi connectivity index (χ2n) is 2.16. The van der Waals surface area contributed by atoms with Crippen LogP contribution in [0.3, 0.4) is 0 Å². The minimum atomic E-state index is 0.489. The highest BCUT2D eigenvalue weighted by molar-refractivity contribution is 6.29. The van der Waals surface area contributed by atoms with Gasteiger partial charge in [-0.2, -0.15) is 0 Å². The highest BCUT2D eigenvalue weighted by Gasteiger charge is 2.09. The van der Waals surface area contributed by atoms with Crippen molar-refractivity contribution in [2.24, 2.45) is 7.05 Å². The highest BCUT2D eigenvalue weighted by Crippen LogP contribution is 2.12. The zero-order valence-electron chi connectivity index (χ0n) is 5.93. The first-order valence-electron chi connectivity index (χ1n) is 2.89. The normalized spacial score (nSPS) is 9.90. The van der Waals surface area contributed by atoms with E-state index in [1.165, 1.54) is 0 Å². The van der Waals surface area contributed by atoms with Crippen LogP contribution in [0, 0.1) is 6.92 Å². The number of anilines is 1. The summed E-state index contributed by atoms with van der Waals surface area (Å²) in [7, 11) is 1.82. The van der Waals surface area contributed by atoms with Gasteiger partial charge in [-0.25, -0.2) is 4.57 Å². The van der Waals surface area contributed by atoms with Crippen LogP contribution in [0.5, 0.6) is 0 Å². The quantitative estimate of drug-likeness (QED) is 0.440. The molecule has 4 heteroatoms. The molecule has 1 aromatic heterocycles. The van der Waals surface area contributed by atoms with Crippen molar-refractivity contribution in [2.75, 3.05) is 5.73 Å². The molecule has 0 bridgehead atoms. The lowest BCUT2D eigenvalue weighted by Crippen LogP contribution is -2.31. The lowest BCUT2D eigenvalue weighted by molar-refractivity contribution is -0.672. The van der Waals surface area contributed by atoms with Gasteiger partial charge in [0.1, 0.15) is 0 Å². The maximum absolute atomic E-state index is 5.83. The molecule has 0 atom stereocenters. The summed E-state index contributed by atoms with van der Waals surface area (Å²) in [6.45, 7) is 1.84. The van der Waals surface area contributed by atoms with Gasteiger partial charge in [-0.3, -0.25) is 0 Å². The van der Waals surface area contributed by atoms with Gasteiger partial charge in [-0.05, 0) is 23.5 Å². The Morgan fingerprint density at radius 2 is 2.30 bits per heavy atom. The molecule has 0 fully saturated rings. The summed E-state index contributed by atoms with van der Waals surface area (Å²) in [5.74, 6) is 0.489. The molecule has 0 aliphatic rings. The van der Waals surface area contributed by atoms with Gasteiger partial charge in [0, 0.05) is 0 Å². The summed E-state index contributed by atoms with van der Waals surface area (Å²) in [5, 5.41) is 0.632. The summed E-state index contributed by atoms with van der Waals surface area (Å²) in [5.41, 5.74) is 6.31. The van der Waals surface area contributed by atoms with E-state index < -0.39 is 0 Å². The number of aryl methyl sites for hydroxylation is 1. The average molecular weight is 159 g/mol. The summed E-state index contributed by atoms with van der Waals surface area (Å²) in [6.07, 6.45) is 1.59. The third kappa shape index (κ3) is 1.04. The number of hydrogen-bond donors (Lipinski definition) is 1. The number of nitrogens with zero attached hydrogens (tertiary/aromatic N) is 2. The Balaban J connectivity index is 3.34. The van der Waals surface area contributed by atoms with Crippen LogP contribution in [0.15, 0.2) is 6.33 Å². The standard InChI is InChI=1S/C6H8ClN3/c1-4-5(7)10(2)3-9-6(4)8/h3,8H,1-2H3/p+1. The first-order valence-corrected chi connectivity index (χ1v) is 3.27. The Morgan fingerprint density at radius 3 is 2.80 bits per heavy atom. The maximum Gasteiger partial charge on any atom is 0.289 e. The van der Waals surface area contributed by atoms with Crippen molar-refractivity contribution in [1.29, 1.82) is 0 Å². The van der Waals surface area contributed by atoms with Gasteiger partial charge >= 0.3 is 0 Å². The molecule has 0 saturated carbocycles. The van der Waals surface area contributed by atoms with E-state index in [0.29, 0.717) is 11.0 Å². The van der Waals surface area contributed by atoms with Crippen molar-refractivity contribution in [3.8, 4) is 0 Å². The molecule has 54 valence electrons. The Hall–Kier alpha value is -0.830. The van der Waals surface area contributed by atoms with Crippen molar-refractivity contribution in [3.63, 3.8) is 0 Å². The second-order valence-corrected chi connectivity index (χ2v) is 2.51. The number of nitrogen functional groups attached to an aromatic ring is 1. The number of hydrogen-bond acceptors (Lipinski definition) is 2. The van der Waals surface area contributed by atoms with Crippen LogP contribution in [-0.4, -0.2) is 4.98 Å². The molecular formula is C6H9ClN3+. The van der Waals surface area contributed by atoms with Crippen LogP contribution in [0.4, 0.5) is 5.82 Å². The molecule has 0 radical (unpaired) electrons. The van der Waals surface area contributed by atoms with Crippen LogP contribution in [-0.2, 0) is 7.05 Å². The van der Waals surface area contributed by atoms with E-state index in [-0.39, 0.29) is 0 Å². The first kappa shape index (κ1) is 7.28. The number of halogens is 1. The number of nitrogens with two attached hydrogens (primary N) is 1. The summed E-state index contributed by atoms with van der Waals surface area (Å²) < 4.78 is 1.72. The van der Waals surface area contributed by atoms with Gasteiger partial charge in [0.25, 0.3) is 6.33 Å². The van der Waals surface area contributed by atoms with E-state index in [4.69, 9.17) is 17.3 Å². The lowest BCUT2D eigenvalue weighted by Gasteiger charge is -1.96. The SMILES string of the molecule is Cc1c(N)nc[n+](C)c1Cl. The van der Waals surface area contributed by atoms with Gasteiger partial charge in [-0.1, -0.05) is 0 Å². The fourth-order valence-electron chi connectivity index (χ4n) is 0.667. The van der Waals surface area contributed by atoms with Gasteiger partial charge in [-0.15, -0.1) is 0 Å². The van der Waals surface area contributed by atoms with Gasteiger partial charge < -0.3 is 5.73 Å². The molecule has 10 heavy (non-hydrogen) atoms. The van der Waals surface area contributed by atoms with Crippen molar-refractivity contribution in [3.05, 3.63) is 17.0 Å². The van der Waals surface area contributed by atoms with E-state index in [2.05, 4.69) is 4.98 Å². The summed E-state index contributed by atoms with van der Waals surface area (Å²) >= 11 is 5.83. The van der Waals surface area contributed by atoms with Crippen molar-refractivity contribution < 1.29 is 4.57 Å². The Bertz CT molecular complexity index is 232. The average Bonchev–Trinajstić information content (AvgIpc) is 1.93. The Kier molecular flexibility index (Phi) is 1.76. The van der Waals surface area contributed by atoms with Gasteiger partial charge in [0.2, 0.25) is 11.0 Å². The van der Waals surface area contributed by atoms with Gasteiger partial charge in [0.15, 0.2) is 0 Å². The fraction of sp³-hybridized carbons (Fsp3) is 0.333. The van der Waals surface area contributed by atoms with Crippen LogP contribution >= 0.6 is 11.6 Å². The predicted octanol–water partition coefficient (Wildman–Crippen LogP) is 0.450. The topological polar surface area (TPSA) is 42.8 Å². The molecule has 1 heterocycles. The zero-order chi connectivity index (χ0) is 7.72. The van der Waals surface area contributed by atoms with E-state index in [1.807, 2.05) is 14.0 Å². The Labute approximate surface area is 64.5 Å². The van der Waals surface area contributed by atoms with Crippen molar-refractivity contribution >= 4 is 17.4 Å². The molecule has 1 aromatic rings. The Morgan fingerprint density at radius 1 is 1.70 bits per heavy atom. The highest BCUT2D eigenvalue weighted by atomic mass is 35.5. The van der Waals surface area contributed by atoms with E-state index in [1.54, 1.807) is 10.9 Å². The predicted molar refractivity (Wildman–Crippen MR) is 39.6 cm³/mol. The van der Waals surface area contributed by atoms with E-state index in [9.17, 15) is 0 Å². The van der Waals surface area contributed by atoms with E-state index in [0.717, 1.165) is 5.56 Å². The zero-order valence-corrected chi connectivity index (χ0v) is 6.68. The molecule has 1 rings (SSSR count). The molecule has 0 spiro atoms. The molecule has 0 unspecified atom stereocenters. The molecular weight excluding hydrogens is 150 g/mol. The van der Waals surface area contributed by atoms with E-state index >= 15 is 0 Å². The molecule has 0 aliphatic heterocycles. The maximum atomic E-state index is 5.83. The van der Waals surface area contributed by atoms with Crippen LogP contribution in [0.2, 0.25) is 5.15 Å². The minimum absolute atomic E-state index is 0.489.